The number of fused-ring (bicyclic) bond motifs is 1. The number of rotatable bonds is 9. The van der Waals surface area contributed by atoms with Crippen molar-refractivity contribution in [3.63, 3.8) is 0 Å². The quantitative estimate of drug-likeness (QED) is 0.290. The van der Waals surface area contributed by atoms with E-state index in [1.165, 1.54) is 0 Å². The van der Waals surface area contributed by atoms with Gasteiger partial charge in [-0.25, -0.2) is 14.0 Å². The molecule has 1 aliphatic heterocycles. The lowest BCUT2D eigenvalue weighted by Gasteiger charge is -2.38. The molecule has 2 heterocycles. The molecule has 1 unspecified atom stereocenters. The maximum absolute atomic E-state index is 14.7. The fraction of sp³-hybridized carbons (Fsp3) is 0.667. The molecule has 0 bridgehead atoms. The molecule has 258 valence electrons. The number of carbonyl (C=O) groups is 4. The first-order chi connectivity index (χ1) is 22.4. The van der Waals surface area contributed by atoms with Gasteiger partial charge in [-0.15, -0.1) is 0 Å². The second-order valence-corrected chi connectivity index (χ2v) is 14.5. The number of nitrogens with zero attached hydrogens (tertiary/aromatic N) is 1. The predicted octanol–water partition coefficient (Wildman–Crippen LogP) is 6.60. The second-order valence-electron chi connectivity index (χ2n) is 14.5. The number of ether oxygens (including phenoxy) is 2. The van der Waals surface area contributed by atoms with Crippen molar-refractivity contribution in [2.24, 2.45) is 29.4 Å². The summed E-state index contributed by atoms with van der Waals surface area (Å²) in [4.78, 5) is 55.4. The Kier molecular flexibility index (Phi) is 10.8. The van der Waals surface area contributed by atoms with Gasteiger partial charge in [-0.05, 0) is 83.6 Å². The summed E-state index contributed by atoms with van der Waals surface area (Å²) in [7, 11) is 0. The fourth-order valence-electron chi connectivity index (χ4n) is 8.27. The van der Waals surface area contributed by atoms with Gasteiger partial charge in [0.15, 0.2) is 0 Å². The van der Waals surface area contributed by atoms with E-state index in [1.807, 2.05) is 18.2 Å². The third-order valence-corrected chi connectivity index (χ3v) is 10.3. The molecule has 11 heteroatoms. The van der Waals surface area contributed by atoms with Crippen molar-refractivity contribution in [2.75, 3.05) is 13.3 Å². The first-order valence-corrected chi connectivity index (χ1v) is 17.3. The van der Waals surface area contributed by atoms with Crippen molar-refractivity contribution in [3.05, 3.63) is 35.6 Å². The fourth-order valence-corrected chi connectivity index (χ4v) is 8.27. The molecule has 1 saturated heterocycles. The van der Waals surface area contributed by atoms with Gasteiger partial charge in [-0.1, -0.05) is 50.3 Å². The van der Waals surface area contributed by atoms with Crippen LogP contribution in [0.15, 0.2) is 28.7 Å². The zero-order chi connectivity index (χ0) is 33.9. The summed E-state index contributed by atoms with van der Waals surface area (Å²) >= 11 is 0. The topological polar surface area (TPSA) is 141 Å². The average molecular weight is 656 g/mol. The second kappa shape index (κ2) is 14.6. The van der Waals surface area contributed by atoms with E-state index in [-0.39, 0.29) is 36.0 Å². The molecule has 5 rings (SSSR count). The highest BCUT2D eigenvalue weighted by molar-refractivity contribution is 5.98. The monoisotopic (exact) mass is 655 g/mol. The number of primary amides is 1. The molecule has 1 aromatic carbocycles. The van der Waals surface area contributed by atoms with Gasteiger partial charge in [0.05, 0.1) is 18.7 Å². The summed E-state index contributed by atoms with van der Waals surface area (Å²) in [5, 5.41) is 3.38. The lowest BCUT2D eigenvalue weighted by atomic mass is 9.75. The number of nitrogens with two attached hydrogens (primary N) is 1. The molecular formula is C36H50FN3O7. The van der Waals surface area contributed by atoms with E-state index in [0.717, 1.165) is 32.1 Å². The summed E-state index contributed by atoms with van der Waals surface area (Å²) in [5.74, 6) is -1.82. The van der Waals surface area contributed by atoms with E-state index in [2.05, 4.69) is 5.32 Å². The number of alkyl halides is 1. The van der Waals surface area contributed by atoms with Gasteiger partial charge >= 0.3 is 12.1 Å². The van der Waals surface area contributed by atoms with Crippen LogP contribution in [0.5, 0.6) is 0 Å². The highest BCUT2D eigenvalue weighted by Crippen LogP contribution is 2.51. The Bertz CT molecular complexity index is 1440. The lowest BCUT2D eigenvalue weighted by Crippen LogP contribution is -2.51. The first-order valence-electron chi connectivity index (χ1n) is 17.3. The number of benzene rings is 1. The third kappa shape index (κ3) is 7.59. The Morgan fingerprint density at radius 3 is 2.34 bits per heavy atom. The minimum Gasteiger partial charge on any atom is -0.460 e. The Labute approximate surface area is 276 Å². The van der Waals surface area contributed by atoms with Crippen LogP contribution in [0.4, 0.5) is 9.18 Å². The van der Waals surface area contributed by atoms with Crippen molar-refractivity contribution >= 4 is 34.8 Å². The number of hydrogen-bond acceptors (Lipinski definition) is 7. The van der Waals surface area contributed by atoms with Crippen LogP contribution < -0.4 is 11.1 Å². The van der Waals surface area contributed by atoms with Crippen molar-refractivity contribution in [1.82, 2.24) is 10.2 Å². The van der Waals surface area contributed by atoms with Crippen molar-refractivity contribution in [1.29, 1.82) is 0 Å². The minimum atomic E-state index is -0.829. The van der Waals surface area contributed by atoms with Crippen LogP contribution in [-0.4, -0.2) is 59.7 Å². The van der Waals surface area contributed by atoms with Crippen LogP contribution in [0.2, 0.25) is 0 Å². The van der Waals surface area contributed by atoms with Gasteiger partial charge < -0.3 is 29.8 Å². The van der Waals surface area contributed by atoms with Gasteiger partial charge in [0.2, 0.25) is 17.6 Å². The van der Waals surface area contributed by atoms with E-state index < -0.39 is 54.3 Å². The van der Waals surface area contributed by atoms with Crippen LogP contribution >= 0.6 is 0 Å². The molecule has 3 aliphatic rings. The maximum Gasteiger partial charge on any atom is 0.407 e. The number of amides is 3. The van der Waals surface area contributed by atoms with E-state index in [1.54, 1.807) is 38.7 Å². The van der Waals surface area contributed by atoms with E-state index in [0.29, 0.717) is 48.6 Å². The van der Waals surface area contributed by atoms with Crippen molar-refractivity contribution in [2.45, 2.75) is 116 Å². The number of nitrogens with one attached hydrogen (secondary N) is 1. The Balaban J connectivity index is 1.45. The summed E-state index contributed by atoms with van der Waals surface area (Å²) in [6, 6.07) is 5.16. The Morgan fingerprint density at radius 1 is 1.04 bits per heavy atom. The third-order valence-electron chi connectivity index (χ3n) is 10.3. The van der Waals surface area contributed by atoms with Gasteiger partial charge in [0.25, 0.3) is 0 Å². The van der Waals surface area contributed by atoms with E-state index in [4.69, 9.17) is 19.6 Å². The predicted molar refractivity (Wildman–Crippen MR) is 174 cm³/mol. The first kappa shape index (κ1) is 34.7. The largest absolute Gasteiger partial charge is 0.460 e. The highest BCUT2D eigenvalue weighted by Gasteiger charge is 2.53. The molecule has 4 atom stereocenters. The molecule has 0 spiro atoms. The molecule has 10 nitrogen and oxygen atoms in total. The minimum absolute atomic E-state index is 0.0473. The molecule has 3 amide bonds. The maximum atomic E-state index is 14.7. The smallest absolute Gasteiger partial charge is 0.407 e. The number of likely N-dealkylation sites (tertiary alicyclic amines) is 1. The van der Waals surface area contributed by atoms with Crippen molar-refractivity contribution < 1.29 is 37.5 Å². The van der Waals surface area contributed by atoms with Crippen LogP contribution in [0.25, 0.3) is 11.0 Å². The summed E-state index contributed by atoms with van der Waals surface area (Å²) in [6.07, 6.45) is 6.98. The summed E-state index contributed by atoms with van der Waals surface area (Å²) in [6.45, 7) is 6.39. The van der Waals surface area contributed by atoms with E-state index in [9.17, 15) is 23.6 Å². The number of alkyl carbamates (subject to hydrolysis) is 1. The molecule has 1 aromatic heterocycles. The highest BCUT2D eigenvalue weighted by atomic mass is 19.1. The normalized spacial score (nSPS) is 26.1. The number of carbonyl (C=O) groups excluding carboxylic acids is 4. The van der Waals surface area contributed by atoms with Crippen LogP contribution in [-0.2, 0) is 19.1 Å². The number of hydrogen-bond donors (Lipinski definition) is 2. The standard InChI is InChI=1S/C36H50FN3O7/c1-5-45-34(43)31-29(24-13-9-10-14-28(24)46-31)27-19-25(21-11-7-6-8-12-21)30(32(38)41)40(27)33(42)23-17-15-22(16-18-23)26(20-37)39-35(44)47-36(2,3)4/h9-10,13-14,21-23,25-27,30H,5-8,11-12,15-20H2,1-4H3,(H2,38,41)(H,39,44)/t22-,23-,25-,26-,27?,30-/m0/s1. The van der Waals surface area contributed by atoms with Crippen LogP contribution in [0.1, 0.15) is 114 Å². The SMILES string of the molecule is CCOC(=O)c1oc2ccccc2c1C1C[C@@H](C2CCCCC2)[C@@H](C(N)=O)N1C(=O)[C@H]1CC[C@H]([C@H](CF)NC(=O)OC(C)(C)C)CC1. The zero-order valence-corrected chi connectivity index (χ0v) is 28.1. The van der Waals surface area contributed by atoms with Gasteiger partial charge in [0, 0.05) is 16.9 Å². The number of furan rings is 1. The van der Waals surface area contributed by atoms with Crippen LogP contribution in [0, 0.1) is 23.7 Å². The Morgan fingerprint density at radius 2 is 1.72 bits per heavy atom. The molecule has 47 heavy (non-hydrogen) atoms. The molecule has 2 saturated carbocycles. The van der Waals surface area contributed by atoms with Crippen molar-refractivity contribution in [3.8, 4) is 0 Å². The van der Waals surface area contributed by atoms with Gasteiger partial charge in [-0.2, -0.15) is 0 Å². The molecule has 2 aliphatic carbocycles. The summed E-state index contributed by atoms with van der Waals surface area (Å²) in [5.41, 5.74) is 6.51. The zero-order valence-electron chi connectivity index (χ0n) is 28.1. The van der Waals surface area contributed by atoms with Crippen LogP contribution in [0.3, 0.4) is 0 Å². The average Bonchev–Trinajstić information content (AvgIpc) is 3.62. The van der Waals surface area contributed by atoms with Gasteiger partial charge in [-0.3, -0.25) is 9.59 Å². The molecular weight excluding hydrogens is 605 g/mol. The lowest BCUT2D eigenvalue weighted by molar-refractivity contribution is -0.145. The van der Waals surface area contributed by atoms with Gasteiger partial charge in [0.1, 0.15) is 23.9 Å². The number of para-hydroxylation sites is 1. The molecule has 2 aromatic rings. The number of esters is 1. The Hall–Kier alpha value is -3.63. The number of halogens is 1. The molecule has 0 radical (unpaired) electrons. The molecule has 3 fully saturated rings. The van der Waals surface area contributed by atoms with E-state index >= 15 is 0 Å². The summed E-state index contributed by atoms with van der Waals surface area (Å²) < 4.78 is 31.0. The molecule has 3 N–H and O–H groups in total.